The number of benzene rings is 4. The van der Waals surface area contributed by atoms with Crippen molar-refractivity contribution in [2.24, 2.45) is 0 Å². The van der Waals surface area contributed by atoms with Crippen LogP contribution in [0.3, 0.4) is 0 Å². The van der Waals surface area contributed by atoms with E-state index in [1.807, 2.05) is 54.6 Å². The van der Waals surface area contributed by atoms with Gasteiger partial charge >= 0.3 is 18.2 Å². The normalized spacial score (nSPS) is 14.5. The van der Waals surface area contributed by atoms with Crippen molar-refractivity contribution in [3.05, 3.63) is 132 Å². The van der Waals surface area contributed by atoms with E-state index in [1.165, 1.54) is 6.26 Å². The molecular formula is C48H49F3N8O8S. The maximum atomic E-state index is 13.9. The number of alkyl halides is 3. The summed E-state index contributed by atoms with van der Waals surface area (Å²) in [7, 11) is 0.325. The summed E-state index contributed by atoms with van der Waals surface area (Å²) >= 11 is 0. The number of piperidine rings is 1. The van der Waals surface area contributed by atoms with Crippen molar-refractivity contribution in [2.75, 3.05) is 49.8 Å². The molecule has 68 heavy (non-hydrogen) atoms. The van der Waals surface area contributed by atoms with E-state index in [4.69, 9.17) is 19.6 Å². The molecule has 16 nitrogen and oxygen atoms in total. The lowest BCUT2D eigenvalue weighted by molar-refractivity contribution is -0.192. The second-order valence-corrected chi connectivity index (χ2v) is 18.6. The molecule has 0 saturated carbocycles. The molecule has 5 N–H and O–H groups in total. The van der Waals surface area contributed by atoms with Gasteiger partial charge in [0.25, 0.3) is 11.8 Å². The van der Waals surface area contributed by atoms with Crippen LogP contribution in [0.2, 0.25) is 0 Å². The van der Waals surface area contributed by atoms with Gasteiger partial charge in [0, 0.05) is 54.2 Å². The summed E-state index contributed by atoms with van der Waals surface area (Å²) in [6.45, 7) is 2.68. The van der Waals surface area contributed by atoms with E-state index in [-0.39, 0.29) is 30.3 Å². The minimum absolute atomic E-state index is 0.216. The fourth-order valence-corrected chi connectivity index (χ4v) is 9.17. The van der Waals surface area contributed by atoms with Crippen LogP contribution in [0.5, 0.6) is 5.75 Å². The summed E-state index contributed by atoms with van der Waals surface area (Å²) in [5, 5.41) is 10.4. The SMILES string of the molecule is COc1ccc(-c2c(-c3ccc(CN4CCC(S(C)(=O)=O)CC4)cc3)[nH]c3ncc4c(c23)CN(c2ccc(C(=O)NCC(=O)NNCc3ccccc3)cc2)C(=O)N4C)cc1.O=C(O)C(F)(F)F. The number of methoxy groups -OCH3 is 1. The number of pyridine rings is 1. The molecule has 1 saturated heterocycles. The largest absolute Gasteiger partial charge is 0.497 e. The summed E-state index contributed by atoms with van der Waals surface area (Å²) in [5.41, 5.74) is 14.5. The molecule has 4 aromatic carbocycles. The third-order valence-corrected chi connectivity index (χ3v) is 13.4. The lowest BCUT2D eigenvalue weighted by Crippen LogP contribution is -2.45. The number of hydrogen-bond acceptors (Lipinski definition) is 10. The van der Waals surface area contributed by atoms with Crippen molar-refractivity contribution in [1.29, 1.82) is 0 Å². The van der Waals surface area contributed by atoms with Crippen LogP contribution >= 0.6 is 0 Å². The molecule has 0 radical (unpaired) electrons. The molecule has 0 atom stereocenters. The first-order valence-corrected chi connectivity index (χ1v) is 23.3. The Morgan fingerprint density at radius 2 is 1.53 bits per heavy atom. The standard InChI is InChI=1S/C46H48N8O6S.C2HF3O2/c1-52-39-26-47-44-42(38(39)29-54(46(52)57)35-17-13-34(14-18-35)45(56)48-27-40(55)51-49-25-30-7-5-4-6-8-30)41(32-15-19-36(60-2)20-16-32)43(50-44)33-11-9-31(10-12-33)28-53-23-21-37(22-24-53)61(3,58)59;3-2(4,5)1(6)7/h4-20,26,37,49H,21-25,27-29H2,1-3H3,(H,47,50)(H,48,56)(H,51,55);(H,6,7). The number of aromatic amines is 1. The maximum absolute atomic E-state index is 13.9. The molecule has 2 aromatic heterocycles. The lowest BCUT2D eigenvalue weighted by Gasteiger charge is -2.35. The lowest BCUT2D eigenvalue weighted by atomic mass is 9.94. The summed E-state index contributed by atoms with van der Waals surface area (Å²) in [6, 6.07) is 32.4. The second-order valence-electron chi connectivity index (χ2n) is 16.3. The van der Waals surface area contributed by atoms with E-state index in [1.54, 1.807) is 54.4 Å². The quantitative estimate of drug-likeness (QED) is 0.0773. The Morgan fingerprint density at radius 1 is 0.897 bits per heavy atom. The fourth-order valence-electron chi connectivity index (χ4n) is 8.10. The number of fused-ring (bicyclic) bond motifs is 3. The van der Waals surface area contributed by atoms with Gasteiger partial charge in [-0.25, -0.2) is 28.4 Å². The number of nitrogens with one attached hydrogen (secondary N) is 4. The first kappa shape index (κ1) is 48.6. The Bertz CT molecular complexity index is 2890. The van der Waals surface area contributed by atoms with E-state index < -0.39 is 27.9 Å². The van der Waals surface area contributed by atoms with Gasteiger partial charge in [-0.1, -0.05) is 66.7 Å². The third kappa shape index (κ3) is 11.4. The molecule has 2 aliphatic heterocycles. The Labute approximate surface area is 390 Å². The van der Waals surface area contributed by atoms with E-state index in [0.717, 1.165) is 69.8 Å². The van der Waals surface area contributed by atoms with Gasteiger partial charge in [-0.3, -0.25) is 29.7 Å². The van der Waals surface area contributed by atoms with Gasteiger partial charge in [-0.15, -0.1) is 0 Å². The van der Waals surface area contributed by atoms with Gasteiger partial charge in [0.05, 0.1) is 43.0 Å². The second kappa shape index (κ2) is 20.7. The average Bonchev–Trinajstić information content (AvgIpc) is 3.72. The van der Waals surface area contributed by atoms with Crippen molar-refractivity contribution >= 4 is 56.1 Å². The smallest absolute Gasteiger partial charge is 0.490 e. The monoisotopic (exact) mass is 954 g/mol. The first-order chi connectivity index (χ1) is 32.4. The van der Waals surface area contributed by atoms with Gasteiger partial charge in [-0.2, -0.15) is 13.2 Å². The van der Waals surface area contributed by atoms with Crippen LogP contribution in [0.1, 0.15) is 39.9 Å². The first-order valence-electron chi connectivity index (χ1n) is 21.4. The highest BCUT2D eigenvalue weighted by molar-refractivity contribution is 7.91. The molecule has 0 unspecified atom stereocenters. The van der Waals surface area contributed by atoms with Crippen molar-refractivity contribution in [1.82, 2.24) is 31.0 Å². The average molecular weight is 955 g/mol. The van der Waals surface area contributed by atoms with Crippen LogP contribution in [0, 0.1) is 0 Å². The highest BCUT2D eigenvalue weighted by Crippen LogP contribution is 2.44. The number of carboxylic acids is 1. The van der Waals surface area contributed by atoms with Gasteiger partial charge in [0.1, 0.15) is 21.2 Å². The van der Waals surface area contributed by atoms with E-state index in [0.29, 0.717) is 42.0 Å². The van der Waals surface area contributed by atoms with E-state index in [2.05, 4.69) is 50.3 Å². The number of nitrogens with zero attached hydrogens (tertiary/aromatic N) is 4. The van der Waals surface area contributed by atoms with E-state index >= 15 is 0 Å². The number of likely N-dealkylation sites (tertiary alicyclic amines) is 1. The van der Waals surface area contributed by atoms with Gasteiger partial charge in [-0.05, 0) is 84.6 Å². The molecule has 4 heterocycles. The predicted molar refractivity (Wildman–Crippen MR) is 251 cm³/mol. The molecule has 4 amide bonds. The van der Waals surface area contributed by atoms with Gasteiger partial charge in [0.2, 0.25) is 0 Å². The van der Waals surface area contributed by atoms with Crippen molar-refractivity contribution in [2.45, 2.75) is 43.9 Å². The number of hydrazine groups is 1. The number of rotatable bonds is 13. The van der Waals surface area contributed by atoms with Crippen molar-refractivity contribution < 1.29 is 50.6 Å². The summed E-state index contributed by atoms with van der Waals surface area (Å²) in [5.74, 6) is -2.84. The number of anilines is 2. The van der Waals surface area contributed by atoms with Crippen molar-refractivity contribution in [3.63, 3.8) is 0 Å². The number of aromatic nitrogens is 2. The highest BCUT2D eigenvalue weighted by atomic mass is 32.2. The minimum Gasteiger partial charge on any atom is -0.497 e. The summed E-state index contributed by atoms with van der Waals surface area (Å²) in [6.07, 6.45) is -0.741. The van der Waals surface area contributed by atoms with Crippen LogP contribution < -0.4 is 30.7 Å². The zero-order valence-corrected chi connectivity index (χ0v) is 38.1. The molecule has 356 valence electrons. The predicted octanol–water partition coefficient (Wildman–Crippen LogP) is 6.68. The number of carbonyl (C=O) groups is 4. The van der Waals surface area contributed by atoms with Crippen LogP contribution in [0.15, 0.2) is 109 Å². The number of hydrogen-bond donors (Lipinski definition) is 5. The summed E-state index contributed by atoms with van der Waals surface area (Å²) < 4.78 is 61.4. The molecule has 6 aromatic rings. The number of urea groups is 1. The number of sulfone groups is 1. The third-order valence-electron chi connectivity index (χ3n) is 11.7. The molecule has 0 aliphatic carbocycles. The molecule has 0 spiro atoms. The van der Waals surface area contributed by atoms with Crippen LogP contribution in [-0.4, -0.2) is 104 Å². The Hall–Kier alpha value is -7.29. The van der Waals surface area contributed by atoms with Crippen molar-refractivity contribution in [3.8, 4) is 28.1 Å². The number of halogens is 3. The number of carbonyl (C=O) groups excluding carboxylic acids is 3. The van der Waals surface area contributed by atoms with E-state index in [9.17, 15) is 36.0 Å². The summed E-state index contributed by atoms with van der Waals surface area (Å²) in [4.78, 5) is 62.2. The van der Waals surface area contributed by atoms with Gasteiger partial charge < -0.3 is 20.1 Å². The van der Waals surface area contributed by atoms with Crippen LogP contribution in [0.4, 0.5) is 29.3 Å². The maximum Gasteiger partial charge on any atom is 0.490 e. The molecule has 8 rings (SSSR count). The fraction of sp³-hybridized carbons (Fsp3) is 0.271. The minimum atomic E-state index is -5.08. The molecular weight excluding hydrogens is 906 g/mol. The number of amides is 4. The Kier molecular flexibility index (Phi) is 14.8. The zero-order chi connectivity index (χ0) is 48.8. The number of carboxylic acid groups (broad SMARTS) is 1. The molecule has 20 heteroatoms. The number of ether oxygens (including phenoxy) is 1. The molecule has 1 fully saturated rings. The van der Waals surface area contributed by atoms with Crippen LogP contribution in [0.25, 0.3) is 33.4 Å². The topological polar surface area (TPSA) is 206 Å². The van der Waals surface area contributed by atoms with Gasteiger partial charge in [0.15, 0.2) is 0 Å². The Balaban J connectivity index is 0.000000908. The molecule has 2 aliphatic rings. The Morgan fingerprint density at radius 3 is 2.13 bits per heavy atom. The van der Waals surface area contributed by atoms with Crippen LogP contribution in [-0.2, 0) is 39.1 Å². The molecule has 0 bridgehead atoms. The number of aliphatic carboxylic acids is 1. The number of H-pyrrole nitrogens is 1. The zero-order valence-electron chi connectivity index (χ0n) is 37.3. The highest BCUT2D eigenvalue weighted by Gasteiger charge is 2.38.